The van der Waals surface area contributed by atoms with Gasteiger partial charge in [0, 0.05) is 26.8 Å². The molecule has 0 saturated heterocycles. The molecular formula is C7H18N2O2. The molecule has 0 fully saturated rings. The van der Waals surface area contributed by atoms with Crippen molar-refractivity contribution in [1.29, 1.82) is 0 Å². The van der Waals surface area contributed by atoms with E-state index in [9.17, 15) is 0 Å². The van der Waals surface area contributed by atoms with Crippen LogP contribution in [0.2, 0.25) is 0 Å². The second-order valence-electron chi connectivity index (χ2n) is 2.07. The van der Waals surface area contributed by atoms with Gasteiger partial charge in [0.15, 0.2) is 0 Å². The van der Waals surface area contributed by atoms with Crippen molar-refractivity contribution in [3.8, 4) is 0 Å². The molecule has 0 spiro atoms. The fourth-order valence-electron chi connectivity index (χ4n) is 0.597. The van der Waals surface area contributed by atoms with E-state index >= 15 is 0 Å². The molecule has 0 saturated carbocycles. The van der Waals surface area contributed by atoms with Crippen LogP contribution >= 0.6 is 0 Å². The van der Waals surface area contributed by atoms with Crippen molar-refractivity contribution in [1.82, 2.24) is 10.6 Å². The fourth-order valence-corrected chi connectivity index (χ4v) is 0.597. The van der Waals surface area contributed by atoms with E-state index in [-0.39, 0.29) is 0 Å². The Morgan fingerprint density at radius 1 is 1.09 bits per heavy atom. The Kier molecular flexibility index (Phi) is 9.70. The average Bonchev–Trinajstić information content (AvgIpc) is 2.03. The van der Waals surface area contributed by atoms with Crippen LogP contribution in [0.15, 0.2) is 0 Å². The molecule has 0 aliphatic rings. The molecule has 0 aromatic heterocycles. The molecule has 4 heteroatoms. The minimum atomic E-state index is 0.607. The van der Waals surface area contributed by atoms with Crippen molar-refractivity contribution in [2.75, 3.05) is 40.3 Å². The maximum atomic E-state index is 5.07. The SMILES string of the molecule is CCOCNCCNCOC. The predicted molar refractivity (Wildman–Crippen MR) is 44.4 cm³/mol. The Bertz CT molecular complexity index is 63.5. The molecule has 68 valence electrons. The van der Waals surface area contributed by atoms with Gasteiger partial charge in [0.2, 0.25) is 0 Å². The van der Waals surface area contributed by atoms with Gasteiger partial charge >= 0.3 is 0 Å². The lowest BCUT2D eigenvalue weighted by Gasteiger charge is -2.04. The van der Waals surface area contributed by atoms with Crippen molar-refractivity contribution in [2.24, 2.45) is 0 Å². The summed E-state index contributed by atoms with van der Waals surface area (Å²) in [5.41, 5.74) is 0. The molecule has 0 aromatic rings. The number of methoxy groups -OCH3 is 1. The van der Waals surface area contributed by atoms with Crippen molar-refractivity contribution in [2.45, 2.75) is 6.92 Å². The van der Waals surface area contributed by atoms with Crippen molar-refractivity contribution in [3.05, 3.63) is 0 Å². The van der Waals surface area contributed by atoms with Gasteiger partial charge in [-0.3, -0.25) is 10.6 Å². The molecule has 0 heterocycles. The van der Waals surface area contributed by atoms with E-state index in [1.54, 1.807) is 7.11 Å². The zero-order valence-electron chi connectivity index (χ0n) is 7.35. The summed E-state index contributed by atoms with van der Waals surface area (Å²) < 4.78 is 9.87. The van der Waals surface area contributed by atoms with Crippen molar-refractivity contribution in [3.63, 3.8) is 0 Å². The van der Waals surface area contributed by atoms with Crippen LogP contribution in [0.4, 0.5) is 0 Å². The van der Waals surface area contributed by atoms with E-state index in [1.807, 2.05) is 6.92 Å². The summed E-state index contributed by atoms with van der Waals surface area (Å²) in [5, 5.41) is 6.18. The van der Waals surface area contributed by atoms with Gasteiger partial charge in [-0.05, 0) is 6.92 Å². The predicted octanol–water partition coefficient (Wildman–Crippen LogP) is -0.236. The Hall–Kier alpha value is -0.160. The largest absolute Gasteiger partial charge is 0.370 e. The van der Waals surface area contributed by atoms with E-state index in [1.165, 1.54) is 0 Å². The highest BCUT2D eigenvalue weighted by molar-refractivity contribution is 4.43. The van der Waals surface area contributed by atoms with Crippen LogP contribution in [0.5, 0.6) is 0 Å². The molecule has 0 bridgehead atoms. The summed E-state index contributed by atoms with van der Waals surface area (Å²) in [6.45, 7) is 5.79. The molecule has 0 atom stereocenters. The summed E-state index contributed by atoms with van der Waals surface area (Å²) in [4.78, 5) is 0. The van der Waals surface area contributed by atoms with Gasteiger partial charge in [0.25, 0.3) is 0 Å². The van der Waals surface area contributed by atoms with E-state index < -0.39 is 0 Å². The summed E-state index contributed by atoms with van der Waals surface area (Å²) in [6.07, 6.45) is 0. The highest BCUT2D eigenvalue weighted by Gasteiger charge is 1.85. The minimum Gasteiger partial charge on any atom is -0.370 e. The lowest BCUT2D eigenvalue weighted by atomic mass is 10.6. The zero-order chi connectivity index (χ0) is 8.36. The average molecular weight is 162 g/mol. The van der Waals surface area contributed by atoms with Gasteiger partial charge in [0.1, 0.15) is 0 Å². The van der Waals surface area contributed by atoms with Crippen LogP contribution in [-0.2, 0) is 9.47 Å². The van der Waals surface area contributed by atoms with Gasteiger partial charge in [0.05, 0.1) is 13.5 Å². The maximum absolute atomic E-state index is 5.07. The first-order valence-electron chi connectivity index (χ1n) is 3.90. The van der Waals surface area contributed by atoms with Crippen LogP contribution in [0.25, 0.3) is 0 Å². The molecule has 0 aliphatic heterocycles. The Morgan fingerprint density at radius 3 is 2.27 bits per heavy atom. The third-order valence-electron chi connectivity index (χ3n) is 1.13. The van der Waals surface area contributed by atoms with Gasteiger partial charge in [-0.25, -0.2) is 0 Å². The Labute approximate surface area is 68.3 Å². The Morgan fingerprint density at radius 2 is 1.73 bits per heavy atom. The number of hydrogen-bond donors (Lipinski definition) is 2. The first-order chi connectivity index (χ1) is 5.41. The smallest absolute Gasteiger partial charge is 0.0965 e. The Balaban J connectivity index is 2.69. The highest BCUT2D eigenvalue weighted by atomic mass is 16.5. The standard InChI is InChI=1S/C7H18N2O2/c1-3-11-7-9-5-4-8-6-10-2/h8-9H,3-7H2,1-2H3. The van der Waals surface area contributed by atoms with Gasteiger partial charge in [-0.15, -0.1) is 0 Å². The topological polar surface area (TPSA) is 42.5 Å². The van der Waals surface area contributed by atoms with Crippen LogP contribution in [0.3, 0.4) is 0 Å². The summed E-state index contributed by atoms with van der Waals surface area (Å²) >= 11 is 0. The van der Waals surface area contributed by atoms with E-state index in [4.69, 9.17) is 9.47 Å². The van der Waals surface area contributed by atoms with Gasteiger partial charge in [-0.1, -0.05) is 0 Å². The first-order valence-corrected chi connectivity index (χ1v) is 3.90. The molecule has 0 rings (SSSR count). The molecular weight excluding hydrogens is 144 g/mol. The van der Waals surface area contributed by atoms with Crippen molar-refractivity contribution >= 4 is 0 Å². The monoisotopic (exact) mass is 162 g/mol. The third-order valence-corrected chi connectivity index (χ3v) is 1.13. The summed E-state index contributed by atoms with van der Waals surface area (Å²) in [5.74, 6) is 0. The number of nitrogens with one attached hydrogen (secondary N) is 2. The fraction of sp³-hybridized carbons (Fsp3) is 1.00. The zero-order valence-corrected chi connectivity index (χ0v) is 7.35. The van der Waals surface area contributed by atoms with E-state index in [0.29, 0.717) is 13.5 Å². The second-order valence-corrected chi connectivity index (χ2v) is 2.07. The lowest BCUT2D eigenvalue weighted by molar-refractivity contribution is 0.127. The van der Waals surface area contributed by atoms with Crippen LogP contribution < -0.4 is 10.6 Å². The molecule has 0 aliphatic carbocycles. The van der Waals surface area contributed by atoms with Crippen LogP contribution in [-0.4, -0.2) is 40.3 Å². The van der Waals surface area contributed by atoms with Crippen molar-refractivity contribution < 1.29 is 9.47 Å². The number of ether oxygens (including phenoxy) is 2. The first kappa shape index (κ1) is 10.8. The summed E-state index contributed by atoms with van der Waals surface area (Å²) in [7, 11) is 1.67. The van der Waals surface area contributed by atoms with E-state index in [0.717, 1.165) is 19.7 Å². The minimum absolute atomic E-state index is 0.607. The van der Waals surface area contributed by atoms with Gasteiger partial charge < -0.3 is 9.47 Å². The van der Waals surface area contributed by atoms with E-state index in [2.05, 4.69) is 10.6 Å². The number of hydrogen-bond acceptors (Lipinski definition) is 4. The number of rotatable bonds is 8. The molecule has 0 aromatic carbocycles. The maximum Gasteiger partial charge on any atom is 0.0965 e. The molecule has 11 heavy (non-hydrogen) atoms. The van der Waals surface area contributed by atoms with Crippen LogP contribution in [0.1, 0.15) is 6.92 Å². The van der Waals surface area contributed by atoms with Crippen LogP contribution in [0, 0.1) is 0 Å². The normalized spacial score (nSPS) is 10.4. The molecule has 2 N–H and O–H groups in total. The molecule has 0 amide bonds. The summed E-state index contributed by atoms with van der Waals surface area (Å²) in [6, 6.07) is 0. The third kappa shape index (κ3) is 9.84. The van der Waals surface area contributed by atoms with Gasteiger partial charge in [-0.2, -0.15) is 0 Å². The molecule has 0 unspecified atom stereocenters. The molecule has 4 nitrogen and oxygen atoms in total. The second kappa shape index (κ2) is 9.84. The quantitative estimate of drug-likeness (QED) is 0.382. The molecule has 0 radical (unpaired) electrons. The highest BCUT2D eigenvalue weighted by Crippen LogP contribution is 1.66. The lowest BCUT2D eigenvalue weighted by Crippen LogP contribution is -2.29.